The van der Waals surface area contributed by atoms with Gasteiger partial charge in [-0.05, 0) is 42.9 Å². The van der Waals surface area contributed by atoms with Gasteiger partial charge in [0.1, 0.15) is 6.04 Å². The number of nitrogens with zero attached hydrogens (tertiary/aromatic N) is 1. The van der Waals surface area contributed by atoms with Crippen molar-refractivity contribution in [1.82, 2.24) is 10.2 Å². The second-order valence-electron chi connectivity index (χ2n) is 9.41. The lowest BCUT2D eigenvalue weighted by Crippen LogP contribution is -2.50. The van der Waals surface area contributed by atoms with E-state index < -0.39 is 6.04 Å². The van der Waals surface area contributed by atoms with Gasteiger partial charge in [-0.3, -0.25) is 24.1 Å². The molecule has 0 spiro atoms. The molecule has 0 aromatic heterocycles. The molecule has 7 nitrogen and oxygen atoms in total. The van der Waals surface area contributed by atoms with Gasteiger partial charge in [0.25, 0.3) is 0 Å². The minimum Gasteiger partial charge on any atom is -0.350 e. The fourth-order valence-electron chi connectivity index (χ4n) is 4.26. The molecule has 0 unspecified atom stereocenters. The Morgan fingerprint density at radius 3 is 2.19 bits per heavy atom. The highest BCUT2D eigenvalue weighted by Crippen LogP contribution is 2.37. The number of hydrogen-bond donors (Lipinski definition) is 2. The molecule has 2 N–H and O–H groups in total. The van der Waals surface area contributed by atoms with E-state index in [0.717, 1.165) is 5.56 Å². The van der Waals surface area contributed by atoms with Crippen molar-refractivity contribution in [2.75, 3.05) is 5.32 Å². The number of amides is 4. The lowest BCUT2D eigenvalue weighted by molar-refractivity contribution is -0.148. The molecule has 2 aliphatic rings. The highest BCUT2D eigenvalue weighted by Gasteiger charge is 2.51. The second-order valence-corrected chi connectivity index (χ2v) is 9.41. The van der Waals surface area contributed by atoms with Crippen molar-refractivity contribution >= 4 is 29.3 Å². The zero-order chi connectivity index (χ0) is 23.4. The largest absolute Gasteiger partial charge is 0.350 e. The highest BCUT2D eigenvalue weighted by atomic mass is 16.2. The first kappa shape index (κ1) is 23.7. The molecule has 3 atom stereocenters. The summed E-state index contributed by atoms with van der Waals surface area (Å²) < 4.78 is 0. The molecule has 0 saturated carbocycles. The van der Waals surface area contributed by atoms with E-state index in [1.807, 2.05) is 58.0 Å². The first-order valence-electron chi connectivity index (χ1n) is 11.4. The number of rotatable bonds is 8. The van der Waals surface area contributed by atoms with E-state index in [2.05, 4.69) is 10.6 Å². The molecule has 0 bridgehead atoms. The summed E-state index contributed by atoms with van der Waals surface area (Å²) in [6.07, 6.45) is 5.41. The van der Waals surface area contributed by atoms with Crippen LogP contribution >= 0.6 is 0 Å². The molecule has 3 rings (SSSR count). The smallest absolute Gasteiger partial charge is 0.243 e. The molecule has 1 saturated heterocycles. The van der Waals surface area contributed by atoms with E-state index in [1.165, 1.54) is 4.90 Å². The minimum atomic E-state index is -0.815. The van der Waals surface area contributed by atoms with E-state index in [-0.39, 0.29) is 53.8 Å². The zero-order valence-electron chi connectivity index (χ0n) is 19.3. The average molecular weight is 440 g/mol. The lowest BCUT2D eigenvalue weighted by atomic mass is 9.85. The van der Waals surface area contributed by atoms with Crippen LogP contribution in [0.3, 0.4) is 0 Å². The maximum absolute atomic E-state index is 13.1. The van der Waals surface area contributed by atoms with Gasteiger partial charge in [-0.15, -0.1) is 0 Å². The lowest BCUT2D eigenvalue weighted by Gasteiger charge is -2.27. The summed E-state index contributed by atoms with van der Waals surface area (Å²) in [4.78, 5) is 52.3. The SMILES string of the molecule is CC(C)C[C@H](C(=O)NCc1cccc(NC(=O)C(C)C)c1)N1C(=O)[C@@H]2CC=CC[C@H]2C1=O. The Morgan fingerprint density at radius 1 is 1.00 bits per heavy atom. The van der Waals surface area contributed by atoms with Crippen LogP contribution in [0.5, 0.6) is 0 Å². The number of anilines is 1. The Balaban J connectivity index is 1.70. The topological polar surface area (TPSA) is 95.6 Å². The molecule has 1 fully saturated rings. The Kier molecular flexibility index (Phi) is 7.48. The summed E-state index contributed by atoms with van der Waals surface area (Å²) >= 11 is 0. The second kappa shape index (κ2) is 10.1. The molecule has 1 aliphatic heterocycles. The molecule has 1 heterocycles. The molecule has 7 heteroatoms. The van der Waals surface area contributed by atoms with E-state index in [4.69, 9.17) is 0 Å². The Labute approximate surface area is 189 Å². The van der Waals surface area contributed by atoms with Crippen LogP contribution in [-0.4, -0.2) is 34.6 Å². The maximum atomic E-state index is 13.1. The summed E-state index contributed by atoms with van der Waals surface area (Å²) in [7, 11) is 0. The number of carbonyl (C=O) groups excluding carboxylic acids is 4. The van der Waals surface area contributed by atoms with Crippen LogP contribution in [0.2, 0.25) is 0 Å². The van der Waals surface area contributed by atoms with Gasteiger partial charge in [-0.25, -0.2) is 0 Å². The number of hydrogen-bond acceptors (Lipinski definition) is 4. The molecule has 1 aromatic rings. The van der Waals surface area contributed by atoms with Crippen LogP contribution in [0.15, 0.2) is 36.4 Å². The number of benzene rings is 1. The van der Waals surface area contributed by atoms with E-state index in [0.29, 0.717) is 24.9 Å². The fraction of sp³-hybridized carbons (Fsp3) is 0.520. The number of allylic oxidation sites excluding steroid dienone is 2. The predicted molar refractivity (Wildman–Crippen MR) is 122 cm³/mol. The maximum Gasteiger partial charge on any atom is 0.243 e. The normalized spacial score (nSPS) is 21.1. The minimum absolute atomic E-state index is 0.0785. The van der Waals surface area contributed by atoms with Crippen LogP contribution in [0.25, 0.3) is 0 Å². The standard InChI is InChI=1S/C25H33N3O4/c1-15(2)12-21(28-24(31)19-10-5-6-11-20(19)25(28)32)23(30)26-14-17-8-7-9-18(13-17)27-22(29)16(3)4/h5-9,13,15-16,19-21H,10-12,14H2,1-4H3,(H,26,30)(H,27,29)/t19-,20-,21-/m1/s1. The van der Waals surface area contributed by atoms with E-state index >= 15 is 0 Å². The van der Waals surface area contributed by atoms with Gasteiger partial charge in [0.05, 0.1) is 11.8 Å². The summed E-state index contributed by atoms with van der Waals surface area (Å²) in [5, 5.41) is 5.74. The summed E-state index contributed by atoms with van der Waals surface area (Å²) in [5.74, 6) is -1.57. The van der Waals surface area contributed by atoms with Gasteiger partial charge in [-0.1, -0.05) is 52.0 Å². The molecule has 1 aliphatic carbocycles. The summed E-state index contributed by atoms with van der Waals surface area (Å²) in [6, 6.07) is 6.46. The molecule has 172 valence electrons. The number of nitrogens with one attached hydrogen (secondary N) is 2. The van der Waals surface area contributed by atoms with Crippen LogP contribution in [0, 0.1) is 23.7 Å². The van der Waals surface area contributed by atoms with Gasteiger partial charge in [0.15, 0.2) is 0 Å². The highest BCUT2D eigenvalue weighted by molar-refractivity contribution is 6.08. The third-order valence-electron chi connectivity index (χ3n) is 6.04. The fourth-order valence-corrected chi connectivity index (χ4v) is 4.26. The van der Waals surface area contributed by atoms with E-state index in [9.17, 15) is 19.2 Å². The van der Waals surface area contributed by atoms with Crippen molar-refractivity contribution in [2.24, 2.45) is 23.7 Å². The van der Waals surface area contributed by atoms with Crippen LogP contribution < -0.4 is 10.6 Å². The molecule has 1 aromatic carbocycles. The van der Waals surface area contributed by atoms with Crippen LogP contribution in [0.1, 0.15) is 52.5 Å². The van der Waals surface area contributed by atoms with E-state index in [1.54, 1.807) is 6.07 Å². The van der Waals surface area contributed by atoms with Crippen molar-refractivity contribution in [1.29, 1.82) is 0 Å². The van der Waals surface area contributed by atoms with Gasteiger partial charge in [0, 0.05) is 18.2 Å². The predicted octanol–water partition coefficient (Wildman–Crippen LogP) is 3.26. The molecule has 32 heavy (non-hydrogen) atoms. The average Bonchev–Trinajstić information content (AvgIpc) is 3.01. The third-order valence-corrected chi connectivity index (χ3v) is 6.04. The third kappa shape index (κ3) is 5.26. The first-order valence-corrected chi connectivity index (χ1v) is 11.4. The van der Waals surface area contributed by atoms with Crippen LogP contribution in [0.4, 0.5) is 5.69 Å². The quantitative estimate of drug-likeness (QED) is 0.480. The Hall–Kier alpha value is -2.96. The molecular weight excluding hydrogens is 406 g/mol. The van der Waals surface area contributed by atoms with Gasteiger partial charge >= 0.3 is 0 Å². The van der Waals surface area contributed by atoms with Gasteiger partial charge < -0.3 is 10.6 Å². The molecule has 4 amide bonds. The van der Waals surface area contributed by atoms with Crippen molar-refractivity contribution in [3.8, 4) is 0 Å². The summed E-state index contributed by atoms with van der Waals surface area (Å²) in [6.45, 7) is 7.83. The van der Waals surface area contributed by atoms with Gasteiger partial charge in [0.2, 0.25) is 23.6 Å². The van der Waals surface area contributed by atoms with Gasteiger partial charge in [-0.2, -0.15) is 0 Å². The van der Waals surface area contributed by atoms with Crippen molar-refractivity contribution < 1.29 is 19.2 Å². The Bertz CT molecular complexity index is 896. The summed E-state index contributed by atoms with van der Waals surface area (Å²) in [5.41, 5.74) is 1.48. The molecule has 0 radical (unpaired) electrons. The van der Waals surface area contributed by atoms with Crippen molar-refractivity contribution in [2.45, 2.75) is 59.5 Å². The monoisotopic (exact) mass is 439 g/mol. The number of likely N-dealkylation sites (tertiary alicyclic amines) is 1. The zero-order valence-corrected chi connectivity index (χ0v) is 19.3. The van der Waals surface area contributed by atoms with Crippen molar-refractivity contribution in [3.63, 3.8) is 0 Å². The first-order chi connectivity index (χ1) is 15.2. The van der Waals surface area contributed by atoms with Crippen molar-refractivity contribution in [3.05, 3.63) is 42.0 Å². The number of carbonyl (C=O) groups is 4. The molecular formula is C25H33N3O4. The van der Waals surface area contributed by atoms with Crippen LogP contribution in [-0.2, 0) is 25.7 Å². The number of fused-ring (bicyclic) bond motifs is 1. The Morgan fingerprint density at radius 2 is 1.62 bits per heavy atom. The number of imide groups is 1.